The molecule has 0 bridgehead atoms. The first-order valence-corrected chi connectivity index (χ1v) is 9.35. The first kappa shape index (κ1) is 19.8. The molecule has 2 amide bonds. The molecule has 1 fully saturated rings. The monoisotopic (exact) mass is 442 g/mol. The van der Waals surface area contributed by atoms with Crippen molar-refractivity contribution in [3.8, 4) is 11.3 Å². The molecule has 2 aromatic carbocycles. The Morgan fingerprint density at radius 2 is 1.77 bits per heavy atom. The molecule has 0 aliphatic carbocycles. The van der Waals surface area contributed by atoms with Crippen molar-refractivity contribution in [1.82, 2.24) is 5.43 Å². The Morgan fingerprint density at radius 3 is 2.47 bits per heavy atom. The number of anilines is 1. The molecule has 0 atom stereocenters. The zero-order valence-electron chi connectivity index (χ0n) is 15.1. The summed E-state index contributed by atoms with van der Waals surface area (Å²) in [6.07, 6.45) is 1.32. The number of nitrogens with one attached hydrogen (secondary N) is 1. The van der Waals surface area contributed by atoms with Gasteiger partial charge in [0.1, 0.15) is 17.1 Å². The second kappa shape index (κ2) is 7.70. The minimum atomic E-state index is -1.16. The molecule has 0 spiro atoms. The molecule has 1 aromatic heterocycles. The van der Waals surface area contributed by atoms with Gasteiger partial charge in [0.25, 0.3) is 11.8 Å². The predicted molar refractivity (Wildman–Crippen MR) is 111 cm³/mol. The molecule has 1 aliphatic heterocycles. The summed E-state index contributed by atoms with van der Waals surface area (Å²) in [7, 11) is 0. The van der Waals surface area contributed by atoms with Crippen molar-refractivity contribution in [3.63, 3.8) is 0 Å². The van der Waals surface area contributed by atoms with Gasteiger partial charge < -0.3 is 9.52 Å². The van der Waals surface area contributed by atoms with Crippen LogP contribution in [-0.4, -0.2) is 22.9 Å². The van der Waals surface area contributed by atoms with Gasteiger partial charge in [0.2, 0.25) is 0 Å². The van der Waals surface area contributed by atoms with Crippen molar-refractivity contribution >= 4 is 52.7 Å². The van der Waals surface area contributed by atoms with Crippen LogP contribution in [0.5, 0.6) is 0 Å². The molecular formula is C21H12Cl2N2O5. The van der Waals surface area contributed by atoms with E-state index in [2.05, 4.69) is 5.43 Å². The molecule has 9 heteroatoms. The first-order chi connectivity index (χ1) is 14.3. The van der Waals surface area contributed by atoms with E-state index in [0.717, 1.165) is 5.01 Å². The summed E-state index contributed by atoms with van der Waals surface area (Å²) in [5.41, 5.74) is 3.28. The molecule has 1 aliphatic rings. The Bertz CT molecular complexity index is 1210. The lowest BCUT2D eigenvalue weighted by Gasteiger charge is -2.14. The molecule has 2 heterocycles. The second-order valence-corrected chi connectivity index (χ2v) is 7.16. The molecule has 30 heavy (non-hydrogen) atoms. The van der Waals surface area contributed by atoms with Crippen molar-refractivity contribution in [2.75, 3.05) is 5.01 Å². The Labute approximate surface area is 180 Å². The van der Waals surface area contributed by atoms with E-state index >= 15 is 0 Å². The molecule has 1 saturated heterocycles. The van der Waals surface area contributed by atoms with Crippen molar-refractivity contribution in [2.45, 2.75) is 0 Å². The van der Waals surface area contributed by atoms with Crippen LogP contribution < -0.4 is 10.4 Å². The van der Waals surface area contributed by atoms with E-state index in [1.807, 2.05) is 0 Å². The minimum Gasteiger partial charge on any atom is -0.478 e. The average Bonchev–Trinajstić information content (AvgIpc) is 3.29. The summed E-state index contributed by atoms with van der Waals surface area (Å²) < 4.78 is 5.68. The topological polar surface area (TPSA) is 99.9 Å². The van der Waals surface area contributed by atoms with Gasteiger partial charge in [0.15, 0.2) is 0 Å². The Kier molecular flexibility index (Phi) is 5.07. The standard InChI is InChI=1S/C21H12Cl2N2O5/c22-12-2-4-13(5-3-12)25-20(27)16(19(26)24-25)10-14-6-8-18(30-14)11-1-7-17(23)15(9-11)21(28)29/h1-10H,(H,24,26)(H,28,29). The lowest BCUT2D eigenvalue weighted by atomic mass is 10.1. The molecule has 2 N–H and O–H groups in total. The third-order valence-electron chi connectivity index (χ3n) is 4.37. The summed E-state index contributed by atoms with van der Waals surface area (Å²) in [4.78, 5) is 36.2. The zero-order valence-corrected chi connectivity index (χ0v) is 16.6. The van der Waals surface area contributed by atoms with Crippen molar-refractivity contribution < 1.29 is 23.9 Å². The molecule has 4 rings (SSSR count). The number of nitrogens with zero attached hydrogens (tertiary/aromatic N) is 1. The van der Waals surface area contributed by atoms with Crippen LogP contribution in [0, 0.1) is 0 Å². The number of hydrogen-bond acceptors (Lipinski definition) is 4. The number of hydrogen-bond donors (Lipinski definition) is 2. The summed E-state index contributed by atoms with van der Waals surface area (Å²) in [6.45, 7) is 0. The van der Waals surface area contributed by atoms with Crippen molar-refractivity contribution in [2.24, 2.45) is 0 Å². The fourth-order valence-electron chi connectivity index (χ4n) is 2.90. The maximum atomic E-state index is 12.7. The van der Waals surface area contributed by atoms with Gasteiger partial charge in [-0.25, -0.2) is 9.80 Å². The summed E-state index contributed by atoms with van der Waals surface area (Å²) in [6, 6.07) is 14.1. The normalized spacial score (nSPS) is 15.0. The smallest absolute Gasteiger partial charge is 0.337 e. The van der Waals surface area contributed by atoms with Gasteiger partial charge in [-0.15, -0.1) is 0 Å². The highest BCUT2D eigenvalue weighted by molar-refractivity contribution is 6.33. The maximum absolute atomic E-state index is 12.7. The van der Waals surface area contributed by atoms with Gasteiger partial charge >= 0.3 is 5.97 Å². The van der Waals surface area contributed by atoms with Crippen LogP contribution in [0.2, 0.25) is 10.0 Å². The van der Waals surface area contributed by atoms with Gasteiger partial charge in [0.05, 0.1) is 16.3 Å². The van der Waals surface area contributed by atoms with E-state index in [-0.39, 0.29) is 21.9 Å². The SMILES string of the molecule is O=C1NN(c2ccc(Cl)cc2)C(=O)C1=Cc1ccc(-c2ccc(Cl)c(C(=O)O)c2)o1. The molecule has 0 saturated carbocycles. The fourth-order valence-corrected chi connectivity index (χ4v) is 3.22. The number of hydrazine groups is 1. The van der Waals surface area contributed by atoms with Gasteiger partial charge in [-0.3, -0.25) is 15.0 Å². The van der Waals surface area contributed by atoms with Gasteiger partial charge in [-0.1, -0.05) is 23.2 Å². The van der Waals surface area contributed by atoms with E-state index in [4.69, 9.17) is 27.6 Å². The van der Waals surface area contributed by atoms with Crippen LogP contribution in [0.1, 0.15) is 16.1 Å². The lowest BCUT2D eigenvalue weighted by molar-refractivity contribution is -0.117. The lowest BCUT2D eigenvalue weighted by Crippen LogP contribution is -2.35. The van der Waals surface area contributed by atoms with Crippen LogP contribution in [0.4, 0.5) is 5.69 Å². The zero-order chi connectivity index (χ0) is 21.4. The number of halogens is 2. The van der Waals surface area contributed by atoms with Crippen LogP contribution in [0.3, 0.4) is 0 Å². The number of furan rings is 1. The molecular weight excluding hydrogens is 431 g/mol. The fraction of sp³-hybridized carbons (Fsp3) is 0. The van der Waals surface area contributed by atoms with E-state index in [9.17, 15) is 19.5 Å². The molecule has 0 radical (unpaired) electrons. The maximum Gasteiger partial charge on any atom is 0.337 e. The van der Waals surface area contributed by atoms with Crippen LogP contribution in [0.15, 0.2) is 64.6 Å². The third-order valence-corrected chi connectivity index (χ3v) is 4.95. The second-order valence-electron chi connectivity index (χ2n) is 6.32. The number of rotatable bonds is 4. The number of carbonyl (C=O) groups is 3. The molecule has 7 nitrogen and oxygen atoms in total. The largest absolute Gasteiger partial charge is 0.478 e. The Hall–Kier alpha value is -3.55. The van der Waals surface area contributed by atoms with E-state index < -0.39 is 17.8 Å². The summed E-state index contributed by atoms with van der Waals surface area (Å²) >= 11 is 11.7. The van der Waals surface area contributed by atoms with Crippen molar-refractivity contribution in [3.05, 3.63) is 81.5 Å². The van der Waals surface area contributed by atoms with Crippen molar-refractivity contribution in [1.29, 1.82) is 0 Å². The van der Waals surface area contributed by atoms with Crippen LogP contribution in [-0.2, 0) is 9.59 Å². The molecule has 0 unspecified atom stereocenters. The molecule has 150 valence electrons. The highest BCUT2D eigenvalue weighted by atomic mass is 35.5. The highest BCUT2D eigenvalue weighted by Crippen LogP contribution is 2.29. The number of carboxylic acid groups (broad SMARTS) is 1. The van der Waals surface area contributed by atoms with Gasteiger partial charge in [-0.05, 0) is 60.7 Å². The quantitative estimate of drug-likeness (QED) is 0.460. The first-order valence-electron chi connectivity index (χ1n) is 8.59. The average molecular weight is 443 g/mol. The highest BCUT2D eigenvalue weighted by Gasteiger charge is 2.34. The van der Waals surface area contributed by atoms with E-state index in [1.165, 1.54) is 18.2 Å². The Balaban J connectivity index is 1.62. The van der Waals surface area contributed by atoms with Crippen LogP contribution in [0.25, 0.3) is 17.4 Å². The number of carbonyl (C=O) groups excluding carboxylic acids is 2. The Morgan fingerprint density at radius 1 is 1.03 bits per heavy atom. The van der Waals surface area contributed by atoms with Crippen LogP contribution >= 0.6 is 23.2 Å². The number of aromatic carboxylic acids is 1. The summed E-state index contributed by atoms with van der Waals surface area (Å²) in [5, 5.41) is 10.9. The third kappa shape index (κ3) is 3.68. The molecule has 3 aromatic rings. The van der Waals surface area contributed by atoms with E-state index in [0.29, 0.717) is 22.0 Å². The van der Waals surface area contributed by atoms with E-state index in [1.54, 1.807) is 42.5 Å². The van der Waals surface area contributed by atoms with Gasteiger partial charge in [0, 0.05) is 10.6 Å². The van der Waals surface area contributed by atoms with Gasteiger partial charge in [-0.2, -0.15) is 0 Å². The number of carboxylic acids is 1. The number of benzene rings is 2. The predicted octanol–water partition coefficient (Wildman–Crippen LogP) is 4.41. The number of amides is 2. The minimum absolute atomic E-state index is 0.0607. The summed E-state index contributed by atoms with van der Waals surface area (Å²) in [5.74, 6) is -1.66.